The number of rotatable bonds is 6. The zero-order valence-electron chi connectivity index (χ0n) is 11.9. The molecule has 0 spiro atoms. The summed E-state index contributed by atoms with van der Waals surface area (Å²) < 4.78 is 15.3. The average Bonchev–Trinajstić information content (AvgIpc) is 2.77. The third kappa shape index (κ3) is 4.42. The number of hydrogen-bond acceptors (Lipinski definition) is 5. The third-order valence-corrected chi connectivity index (χ3v) is 3.39. The Labute approximate surface area is 137 Å². The molecule has 2 rings (SSSR count). The summed E-state index contributed by atoms with van der Waals surface area (Å²) in [5.74, 6) is -0.00918. The highest BCUT2D eigenvalue weighted by molar-refractivity contribution is 6.34. The molecule has 1 heterocycles. The first kappa shape index (κ1) is 16.7. The van der Waals surface area contributed by atoms with Gasteiger partial charge in [-0.05, 0) is 25.1 Å². The van der Waals surface area contributed by atoms with Gasteiger partial charge in [-0.2, -0.15) is 0 Å². The van der Waals surface area contributed by atoms with Crippen molar-refractivity contribution < 1.29 is 23.8 Å². The van der Waals surface area contributed by atoms with Gasteiger partial charge in [0.15, 0.2) is 0 Å². The Morgan fingerprint density at radius 2 is 2.05 bits per heavy atom. The molecular weight excluding hydrogens is 333 g/mol. The lowest BCUT2D eigenvalue weighted by Crippen LogP contribution is -2.41. The fraction of sp³-hybridized carbons (Fsp3) is 0.429. The number of ether oxygens (including phenoxy) is 3. The van der Waals surface area contributed by atoms with Gasteiger partial charge in [0.1, 0.15) is 31.5 Å². The number of nitrogens with zero attached hydrogens (tertiary/aromatic N) is 1. The van der Waals surface area contributed by atoms with Gasteiger partial charge in [0.2, 0.25) is 0 Å². The summed E-state index contributed by atoms with van der Waals surface area (Å²) in [6.07, 6.45) is -0.564. The van der Waals surface area contributed by atoms with Crippen LogP contribution < -0.4 is 4.74 Å². The summed E-state index contributed by atoms with van der Waals surface area (Å²) in [4.78, 5) is 24.4. The fourth-order valence-electron chi connectivity index (χ4n) is 1.97. The van der Waals surface area contributed by atoms with E-state index >= 15 is 0 Å². The van der Waals surface area contributed by atoms with E-state index in [1.165, 1.54) is 4.90 Å². The summed E-state index contributed by atoms with van der Waals surface area (Å²) in [7, 11) is 0. The summed E-state index contributed by atoms with van der Waals surface area (Å²) in [5, 5.41) is 0.897. The topological polar surface area (TPSA) is 65.1 Å². The van der Waals surface area contributed by atoms with Crippen LogP contribution >= 0.6 is 23.2 Å². The number of halogens is 2. The van der Waals surface area contributed by atoms with E-state index < -0.39 is 12.1 Å². The van der Waals surface area contributed by atoms with Crippen molar-refractivity contribution in [2.45, 2.75) is 13.0 Å². The lowest BCUT2D eigenvalue weighted by Gasteiger charge is -2.20. The molecule has 0 saturated carbocycles. The van der Waals surface area contributed by atoms with Gasteiger partial charge in [-0.3, -0.25) is 9.69 Å². The number of carbonyl (C=O) groups excluding carboxylic acids is 2. The van der Waals surface area contributed by atoms with Crippen molar-refractivity contribution in [3.05, 3.63) is 28.2 Å². The predicted octanol–water partition coefficient (Wildman–Crippen LogP) is 2.76. The van der Waals surface area contributed by atoms with E-state index in [-0.39, 0.29) is 32.4 Å². The molecule has 22 heavy (non-hydrogen) atoms. The minimum Gasteiger partial charge on any atom is -0.491 e. The number of carbonyl (C=O) groups is 2. The zero-order valence-corrected chi connectivity index (χ0v) is 13.4. The first-order valence-corrected chi connectivity index (χ1v) is 7.43. The van der Waals surface area contributed by atoms with E-state index in [1.807, 2.05) is 0 Å². The monoisotopic (exact) mass is 347 g/mol. The highest BCUT2D eigenvalue weighted by Crippen LogP contribution is 2.25. The van der Waals surface area contributed by atoms with Crippen LogP contribution in [0.1, 0.15) is 6.92 Å². The SMILES string of the molecule is CCOC(=O)CN1C(=O)OC[C@H]1COc1cc(Cl)cc(Cl)c1. The average molecular weight is 348 g/mol. The van der Waals surface area contributed by atoms with Crippen LogP contribution in [-0.4, -0.2) is 49.4 Å². The van der Waals surface area contributed by atoms with Gasteiger partial charge in [-0.15, -0.1) is 0 Å². The maximum atomic E-state index is 11.6. The van der Waals surface area contributed by atoms with Crippen molar-refractivity contribution in [3.63, 3.8) is 0 Å². The molecule has 1 amide bonds. The molecule has 1 fully saturated rings. The number of benzene rings is 1. The quantitative estimate of drug-likeness (QED) is 0.740. The molecule has 120 valence electrons. The highest BCUT2D eigenvalue weighted by Gasteiger charge is 2.35. The highest BCUT2D eigenvalue weighted by atomic mass is 35.5. The Bertz CT molecular complexity index is 546. The smallest absolute Gasteiger partial charge is 0.410 e. The minimum absolute atomic E-state index is 0.145. The second-order valence-electron chi connectivity index (χ2n) is 4.58. The van der Waals surface area contributed by atoms with E-state index in [0.29, 0.717) is 15.8 Å². The maximum Gasteiger partial charge on any atom is 0.410 e. The molecule has 0 unspecified atom stereocenters. The molecule has 1 atom stereocenters. The molecule has 1 aliphatic heterocycles. The molecule has 1 aromatic carbocycles. The molecule has 0 radical (unpaired) electrons. The summed E-state index contributed by atoms with van der Waals surface area (Å²) >= 11 is 11.8. The van der Waals surface area contributed by atoms with E-state index in [0.717, 1.165) is 0 Å². The van der Waals surface area contributed by atoms with Crippen molar-refractivity contribution in [1.82, 2.24) is 4.90 Å². The van der Waals surface area contributed by atoms with Crippen LogP contribution in [0.25, 0.3) is 0 Å². The Morgan fingerprint density at radius 1 is 1.36 bits per heavy atom. The number of esters is 1. The molecule has 1 saturated heterocycles. The second-order valence-corrected chi connectivity index (χ2v) is 5.45. The lowest BCUT2D eigenvalue weighted by molar-refractivity contribution is -0.144. The van der Waals surface area contributed by atoms with Crippen LogP contribution in [0.4, 0.5) is 4.79 Å². The maximum absolute atomic E-state index is 11.6. The van der Waals surface area contributed by atoms with Gasteiger partial charge in [-0.25, -0.2) is 4.79 Å². The van der Waals surface area contributed by atoms with E-state index in [1.54, 1.807) is 25.1 Å². The van der Waals surface area contributed by atoms with Crippen molar-refractivity contribution in [3.8, 4) is 5.75 Å². The Kier molecular flexibility index (Phi) is 5.74. The minimum atomic E-state index is -0.564. The van der Waals surface area contributed by atoms with Crippen molar-refractivity contribution in [1.29, 1.82) is 0 Å². The zero-order chi connectivity index (χ0) is 16.1. The summed E-state index contributed by atoms with van der Waals surface area (Å²) in [6, 6.07) is 4.43. The summed E-state index contributed by atoms with van der Waals surface area (Å²) in [6.45, 7) is 2.08. The van der Waals surface area contributed by atoms with Crippen LogP contribution in [0.15, 0.2) is 18.2 Å². The van der Waals surface area contributed by atoms with Crippen LogP contribution in [0.3, 0.4) is 0 Å². The second kappa shape index (κ2) is 7.56. The molecule has 1 aliphatic rings. The van der Waals surface area contributed by atoms with Crippen LogP contribution in [-0.2, 0) is 14.3 Å². The van der Waals surface area contributed by atoms with Crippen molar-refractivity contribution in [2.24, 2.45) is 0 Å². The van der Waals surface area contributed by atoms with Crippen LogP contribution in [0, 0.1) is 0 Å². The van der Waals surface area contributed by atoms with Gasteiger partial charge in [-0.1, -0.05) is 23.2 Å². The van der Waals surface area contributed by atoms with E-state index in [2.05, 4.69) is 0 Å². The largest absolute Gasteiger partial charge is 0.491 e. The molecular formula is C14H15Cl2NO5. The van der Waals surface area contributed by atoms with Gasteiger partial charge < -0.3 is 14.2 Å². The molecule has 0 N–H and O–H groups in total. The molecule has 0 aliphatic carbocycles. The number of hydrogen-bond donors (Lipinski definition) is 0. The van der Waals surface area contributed by atoms with E-state index in [9.17, 15) is 9.59 Å². The van der Waals surface area contributed by atoms with Crippen LogP contribution in [0.2, 0.25) is 10.0 Å². The summed E-state index contributed by atoms with van der Waals surface area (Å²) in [5.41, 5.74) is 0. The lowest BCUT2D eigenvalue weighted by atomic mass is 10.3. The first-order chi connectivity index (χ1) is 10.5. The Morgan fingerprint density at radius 3 is 2.68 bits per heavy atom. The standard InChI is InChI=1S/C14H15Cl2NO5/c1-2-20-13(18)6-17-11(8-22-14(17)19)7-21-12-4-9(15)3-10(16)5-12/h3-5,11H,2,6-8H2,1H3/t11-/m1/s1. The molecule has 8 heteroatoms. The Hall–Kier alpha value is -1.66. The van der Waals surface area contributed by atoms with Crippen molar-refractivity contribution >= 4 is 35.3 Å². The fourth-order valence-corrected chi connectivity index (χ4v) is 2.48. The van der Waals surface area contributed by atoms with Crippen molar-refractivity contribution in [2.75, 3.05) is 26.4 Å². The molecule has 0 bridgehead atoms. The normalized spacial score (nSPS) is 17.3. The van der Waals surface area contributed by atoms with Gasteiger partial charge in [0.05, 0.1) is 6.61 Å². The van der Waals surface area contributed by atoms with Gasteiger partial charge >= 0.3 is 12.1 Å². The van der Waals surface area contributed by atoms with Crippen LogP contribution in [0.5, 0.6) is 5.75 Å². The third-order valence-electron chi connectivity index (χ3n) is 2.96. The molecule has 1 aromatic rings. The number of amides is 1. The Balaban J connectivity index is 1.95. The van der Waals surface area contributed by atoms with Gasteiger partial charge in [0.25, 0.3) is 0 Å². The first-order valence-electron chi connectivity index (χ1n) is 6.67. The van der Waals surface area contributed by atoms with Gasteiger partial charge in [0, 0.05) is 10.0 Å². The molecule has 0 aromatic heterocycles. The number of cyclic esters (lactones) is 1. The molecule has 6 nitrogen and oxygen atoms in total. The van der Waals surface area contributed by atoms with E-state index in [4.69, 9.17) is 37.4 Å². The predicted molar refractivity (Wildman–Crippen MR) is 80.4 cm³/mol.